The Labute approximate surface area is 133 Å². The van der Waals surface area contributed by atoms with Crippen LogP contribution in [0.2, 0.25) is 0 Å². The number of hydrogen-bond acceptors (Lipinski definition) is 4. The maximum atomic E-state index is 12.8. The third-order valence-corrected chi connectivity index (χ3v) is 6.10. The second kappa shape index (κ2) is 4.05. The van der Waals surface area contributed by atoms with Crippen molar-refractivity contribution < 1.29 is 17.0 Å². The van der Waals surface area contributed by atoms with Crippen molar-refractivity contribution in [2.45, 2.75) is 43.2 Å². The Balaban J connectivity index is 1.88. The zero-order valence-corrected chi connectivity index (χ0v) is 12.9. The molecular weight excluding hydrogens is 278 g/mol. The molecule has 1 saturated heterocycles. The number of carbonyl (C=O) groups is 1. The molecule has 1 saturated carbocycles. The monoisotopic (exact) mass is 301 g/mol. The summed E-state index contributed by atoms with van der Waals surface area (Å²) in [6.07, 6.45) is 0.644. The van der Waals surface area contributed by atoms with Crippen LogP contribution in [0.4, 0.5) is 0 Å². The van der Waals surface area contributed by atoms with Gasteiger partial charge in [0.1, 0.15) is 0 Å². The van der Waals surface area contributed by atoms with E-state index in [1.165, 1.54) is 0 Å². The molecule has 1 unspecified atom stereocenters. The van der Waals surface area contributed by atoms with Gasteiger partial charge in [0, 0.05) is 24.8 Å². The van der Waals surface area contributed by atoms with Gasteiger partial charge in [0.25, 0.3) is 0 Å². The molecule has 2 heterocycles. The van der Waals surface area contributed by atoms with Gasteiger partial charge in [-0.25, -0.2) is 0 Å². The molecule has 22 heavy (non-hydrogen) atoms. The van der Waals surface area contributed by atoms with Gasteiger partial charge in [-0.15, -0.1) is 0 Å². The summed E-state index contributed by atoms with van der Waals surface area (Å²) in [5, 5.41) is 0. The van der Waals surface area contributed by atoms with Crippen LogP contribution in [0.1, 0.15) is 33.1 Å². The van der Waals surface area contributed by atoms with E-state index in [-0.39, 0.29) is 11.7 Å². The van der Waals surface area contributed by atoms with E-state index in [0.717, 1.165) is 11.1 Å². The fraction of sp³-hybridized carbons (Fsp3) is 0.611. The lowest BCUT2D eigenvalue weighted by Crippen LogP contribution is -2.65. The van der Waals surface area contributed by atoms with Crippen molar-refractivity contribution in [2.75, 3.05) is 20.7 Å². The number of Topliss-reactive ketones (excluding diaryl/α,β-unsaturated/α-hetero) is 1. The van der Waals surface area contributed by atoms with Crippen LogP contribution < -0.4 is 9.47 Å². The number of benzene rings is 1. The SMILES string of the molecule is [2H]C12Oc3c(OC)ccc4c3[C@@]13CCN(C)[C@]([2H])(C4)[C@@H]3CCC2=O. The fourth-order valence-corrected chi connectivity index (χ4v) is 5.15. The lowest BCUT2D eigenvalue weighted by molar-refractivity contribution is -0.138. The summed E-state index contributed by atoms with van der Waals surface area (Å²) in [5.41, 5.74) is 1.30. The molecule has 4 atom stereocenters. The standard InChI is InChI=1S/C18H21NO3/c1-19-8-7-18-11-4-5-13(20)17(18)22-16-14(21-2)6-3-10(15(16)18)9-12(11)19/h3,6,11-12,17H,4-5,7-9H2,1-2H3/t11-,12+,17?,18-/m0/s1/i12D,17D. The summed E-state index contributed by atoms with van der Waals surface area (Å²) in [7, 11) is 3.58. The average molecular weight is 301 g/mol. The van der Waals surface area contributed by atoms with Crippen LogP contribution in [0.25, 0.3) is 0 Å². The number of likely N-dealkylation sites (N-methyl/N-ethyl adjacent to an activating group) is 1. The molecule has 0 aromatic heterocycles. The molecule has 2 fully saturated rings. The van der Waals surface area contributed by atoms with Gasteiger partial charge in [-0.3, -0.25) is 4.79 Å². The van der Waals surface area contributed by atoms with E-state index in [4.69, 9.17) is 10.8 Å². The first-order valence-electron chi connectivity index (χ1n) is 9.02. The molecule has 1 spiro atoms. The summed E-state index contributed by atoms with van der Waals surface area (Å²) >= 11 is 0. The smallest absolute Gasteiger partial charge is 0.174 e. The van der Waals surface area contributed by atoms with E-state index in [2.05, 4.69) is 4.90 Å². The van der Waals surface area contributed by atoms with Gasteiger partial charge >= 0.3 is 0 Å². The van der Waals surface area contributed by atoms with Gasteiger partial charge in [-0.1, -0.05) is 6.07 Å². The Morgan fingerprint density at radius 2 is 2.36 bits per heavy atom. The zero-order valence-electron chi connectivity index (χ0n) is 14.9. The number of carbonyl (C=O) groups excluding carboxylic acids is 1. The first-order chi connectivity index (χ1) is 11.4. The second-order valence-electron chi connectivity index (χ2n) is 6.89. The first kappa shape index (κ1) is 11.1. The number of ether oxygens (including phenoxy) is 2. The van der Waals surface area contributed by atoms with E-state index in [1.54, 1.807) is 7.11 Å². The van der Waals surface area contributed by atoms with Crippen LogP contribution in [-0.4, -0.2) is 43.5 Å². The molecule has 0 N–H and O–H groups in total. The summed E-state index contributed by atoms with van der Waals surface area (Å²) in [4.78, 5) is 14.9. The predicted octanol–water partition coefficient (Wildman–Crippen LogP) is 1.93. The molecule has 4 heteroatoms. The van der Waals surface area contributed by atoms with Crippen molar-refractivity contribution in [1.82, 2.24) is 4.90 Å². The minimum absolute atomic E-state index is 0.0696. The van der Waals surface area contributed by atoms with Gasteiger partial charge in [0.2, 0.25) is 0 Å². The van der Waals surface area contributed by atoms with Gasteiger partial charge < -0.3 is 14.4 Å². The van der Waals surface area contributed by atoms with Crippen LogP contribution in [0.3, 0.4) is 0 Å². The van der Waals surface area contributed by atoms with Crippen molar-refractivity contribution in [2.24, 2.45) is 5.92 Å². The molecule has 1 aromatic rings. The zero-order chi connectivity index (χ0) is 16.9. The quantitative estimate of drug-likeness (QED) is 0.794. The first-order valence-corrected chi connectivity index (χ1v) is 8.02. The molecule has 0 radical (unpaired) electrons. The Bertz CT molecular complexity index is 784. The lowest BCUT2D eigenvalue weighted by Gasteiger charge is -2.57. The third kappa shape index (κ3) is 1.27. The summed E-state index contributed by atoms with van der Waals surface area (Å²) in [6.45, 7) is 0.702. The summed E-state index contributed by atoms with van der Waals surface area (Å²) in [6, 6.07) is 3.06. The fourth-order valence-electron chi connectivity index (χ4n) is 5.15. The number of likely N-dealkylation sites (tertiary alicyclic amines) is 1. The Morgan fingerprint density at radius 3 is 3.18 bits per heavy atom. The van der Waals surface area contributed by atoms with E-state index in [0.29, 0.717) is 43.7 Å². The highest BCUT2D eigenvalue weighted by Gasteiger charge is 2.65. The molecule has 4 nitrogen and oxygen atoms in total. The van der Waals surface area contributed by atoms with Gasteiger partial charge in [0.05, 0.1) is 8.48 Å². The second-order valence-corrected chi connectivity index (χ2v) is 6.89. The molecule has 2 aliphatic carbocycles. The number of piperidine rings is 1. The van der Waals surface area contributed by atoms with Gasteiger partial charge in [-0.05, 0) is 50.4 Å². The number of hydrogen-bond donors (Lipinski definition) is 0. The summed E-state index contributed by atoms with van der Waals surface area (Å²) < 4.78 is 29.8. The maximum absolute atomic E-state index is 12.8. The lowest BCUT2D eigenvalue weighted by atomic mass is 9.52. The van der Waals surface area contributed by atoms with Crippen molar-refractivity contribution >= 4 is 5.78 Å². The highest BCUT2D eigenvalue weighted by molar-refractivity contribution is 5.89. The van der Waals surface area contributed by atoms with Crippen molar-refractivity contribution in [3.63, 3.8) is 0 Å². The van der Waals surface area contributed by atoms with Crippen LogP contribution in [-0.2, 0) is 16.6 Å². The normalized spacial score (nSPS) is 46.5. The van der Waals surface area contributed by atoms with Gasteiger partial charge in [0.15, 0.2) is 23.4 Å². The molecule has 2 aliphatic heterocycles. The molecule has 0 amide bonds. The van der Waals surface area contributed by atoms with E-state index >= 15 is 0 Å². The predicted molar refractivity (Wildman–Crippen MR) is 81.6 cm³/mol. The molecule has 1 aromatic carbocycles. The minimum Gasteiger partial charge on any atom is -0.493 e. The Morgan fingerprint density at radius 1 is 1.50 bits per heavy atom. The highest BCUT2D eigenvalue weighted by Crippen LogP contribution is 2.62. The van der Waals surface area contributed by atoms with Gasteiger partial charge in [-0.2, -0.15) is 0 Å². The molecular formula is C18H21NO3. The molecule has 2 bridgehead atoms. The number of ketones is 1. The molecule has 116 valence electrons. The van der Waals surface area contributed by atoms with Crippen molar-refractivity contribution in [1.29, 1.82) is 0 Å². The Hall–Kier alpha value is -1.55. The Kier molecular flexibility index (Phi) is 2.03. The topological polar surface area (TPSA) is 38.8 Å². The minimum atomic E-state index is -1.62. The van der Waals surface area contributed by atoms with E-state index < -0.39 is 17.5 Å². The maximum Gasteiger partial charge on any atom is 0.174 e. The van der Waals surface area contributed by atoms with Crippen LogP contribution >= 0.6 is 0 Å². The average Bonchev–Trinajstić information content (AvgIpc) is 2.83. The highest BCUT2D eigenvalue weighted by atomic mass is 16.5. The summed E-state index contributed by atoms with van der Waals surface area (Å²) in [5.74, 6) is 0.931. The van der Waals surface area contributed by atoms with E-state index in [9.17, 15) is 6.17 Å². The van der Waals surface area contributed by atoms with E-state index in [1.807, 2.05) is 19.2 Å². The van der Waals surface area contributed by atoms with Crippen LogP contribution in [0, 0.1) is 5.92 Å². The van der Waals surface area contributed by atoms with Crippen LogP contribution in [0.15, 0.2) is 12.1 Å². The molecule has 5 rings (SSSR count). The number of rotatable bonds is 1. The number of methoxy groups -OCH3 is 1. The van der Waals surface area contributed by atoms with Crippen molar-refractivity contribution in [3.8, 4) is 11.5 Å². The van der Waals surface area contributed by atoms with Crippen molar-refractivity contribution in [3.05, 3.63) is 23.3 Å². The van der Waals surface area contributed by atoms with Crippen LogP contribution in [0.5, 0.6) is 11.5 Å². The largest absolute Gasteiger partial charge is 0.493 e. The third-order valence-electron chi connectivity index (χ3n) is 6.10. The number of nitrogens with zero attached hydrogens (tertiary/aromatic N) is 1. The molecule has 4 aliphatic rings.